The van der Waals surface area contributed by atoms with E-state index in [1.165, 1.54) is 12.1 Å². The highest BCUT2D eigenvalue weighted by atomic mass is 79.9. The topological polar surface area (TPSA) is 35.5 Å². The summed E-state index contributed by atoms with van der Waals surface area (Å²) in [5, 5.41) is 0.203. The van der Waals surface area contributed by atoms with Crippen molar-refractivity contribution in [3.63, 3.8) is 0 Å². The summed E-state index contributed by atoms with van der Waals surface area (Å²) >= 11 is 8.80. The van der Waals surface area contributed by atoms with Crippen LogP contribution >= 0.6 is 27.5 Å². The Morgan fingerprint density at radius 3 is 2.71 bits per heavy atom. The molecule has 0 saturated heterocycles. The summed E-state index contributed by atoms with van der Waals surface area (Å²) in [5.41, 5.74) is -0.153. The van der Waals surface area contributed by atoms with E-state index in [0.29, 0.717) is 0 Å². The molecular formula is C10H8BrClF2O3. The highest BCUT2D eigenvalue weighted by molar-refractivity contribution is 9.10. The average molecular weight is 330 g/mol. The Kier molecular flexibility index (Phi) is 5.14. The second-order valence-corrected chi connectivity index (χ2v) is 4.03. The fourth-order valence-electron chi connectivity index (χ4n) is 1.12. The number of rotatable bonds is 4. The molecule has 17 heavy (non-hydrogen) atoms. The lowest BCUT2D eigenvalue weighted by Crippen LogP contribution is -2.11. The predicted octanol–water partition coefficient (Wildman–Crippen LogP) is 3.88. The Balaban J connectivity index is 3.21. The van der Waals surface area contributed by atoms with Crippen molar-refractivity contribution < 1.29 is 23.0 Å². The summed E-state index contributed by atoms with van der Waals surface area (Å²) in [6, 6.07) is 2.53. The van der Waals surface area contributed by atoms with Gasteiger partial charge in [-0.05, 0) is 35.0 Å². The molecule has 0 aromatic heterocycles. The van der Waals surface area contributed by atoms with Gasteiger partial charge in [-0.2, -0.15) is 8.78 Å². The maximum Gasteiger partial charge on any atom is 0.387 e. The van der Waals surface area contributed by atoms with Gasteiger partial charge in [0.2, 0.25) is 0 Å². The molecule has 0 spiro atoms. The first-order valence-electron chi connectivity index (χ1n) is 4.57. The Labute approximate surface area is 110 Å². The number of carbonyl (C=O) groups excluding carboxylic acids is 1. The quantitative estimate of drug-likeness (QED) is 0.786. The lowest BCUT2D eigenvalue weighted by Gasteiger charge is -2.12. The highest BCUT2D eigenvalue weighted by Crippen LogP contribution is 2.34. The van der Waals surface area contributed by atoms with Gasteiger partial charge in [0.25, 0.3) is 0 Å². The molecule has 0 atom stereocenters. The summed E-state index contributed by atoms with van der Waals surface area (Å²) in [6.45, 7) is -1.31. The monoisotopic (exact) mass is 328 g/mol. The molecular weight excluding hydrogens is 321 g/mol. The minimum absolute atomic E-state index is 0.117. The third-order valence-electron chi connectivity index (χ3n) is 1.75. The molecule has 0 radical (unpaired) electrons. The molecule has 0 heterocycles. The normalized spacial score (nSPS) is 10.5. The largest absolute Gasteiger partial charge is 0.462 e. The number of hydrogen-bond donors (Lipinski definition) is 0. The van der Waals surface area contributed by atoms with Crippen LogP contribution in [-0.2, 0) is 4.74 Å². The average Bonchev–Trinajstić information content (AvgIpc) is 2.23. The van der Waals surface area contributed by atoms with Crippen LogP contribution in [0.15, 0.2) is 16.6 Å². The molecule has 0 amide bonds. The van der Waals surface area contributed by atoms with E-state index in [0.717, 1.165) is 0 Å². The zero-order valence-electron chi connectivity index (χ0n) is 8.68. The zero-order valence-corrected chi connectivity index (χ0v) is 11.0. The molecule has 3 nitrogen and oxygen atoms in total. The molecule has 1 rings (SSSR count). The van der Waals surface area contributed by atoms with Crippen LogP contribution in [0.1, 0.15) is 17.3 Å². The standard InChI is InChI=1S/C10H8BrClF2O3/c1-2-16-9(15)7-6(17-10(13)14)4-3-5(12)8(7)11/h3-4,10H,2H2,1H3. The second kappa shape index (κ2) is 6.16. The van der Waals surface area contributed by atoms with E-state index in [1.807, 2.05) is 0 Å². The van der Waals surface area contributed by atoms with Crippen molar-refractivity contribution in [3.8, 4) is 5.75 Å². The summed E-state index contributed by atoms with van der Waals surface area (Å²) in [7, 11) is 0. The third-order valence-corrected chi connectivity index (χ3v) is 3.12. The molecule has 1 aromatic rings. The first kappa shape index (κ1) is 14.2. The van der Waals surface area contributed by atoms with Crippen LogP contribution in [0.25, 0.3) is 0 Å². The number of hydrogen-bond acceptors (Lipinski definition) is 3. The number of alkyl halides is 2. The number of ether oxygens (including phenoxy) is 2. The van der Waals surface area contributed by atoms with E-state index in [4.69, 9.17) is 16.3 Å². The molecule has 94 valence electrons. The SMILES string of the molecule is CCOC(=O)c1c(OC(F)F)ccc(Cl)c1Br. The van der Waals surface area contributed by atoms with Crippen LogP contribution in [0.3, 0.4) is 0 Å². The molecule has 0 bridgehead atoms. The van der Waals surface area contributed by atoms with Gasteiger partial charge in [0.05, 0.1) is 16.1 Å². The van der Waals surface area contributed by atoms with Crippen LogP contribution < -0.4 is 4.74 Å². The van der Waals surface area contributed by atoms with Gasteiger partial charge in [0.1, 0.15) is 11.3 Å². The van der Waals surface area contributed by atoms with Crippen molar-refractivity contribution in [1.82, 2.24) is 0 Å². The summed E-state index contributed by atoms with van der Waals surface area (Å²) < 4.78 is 33.4. The predicted molar refractivity (Wildman–Crippen MR) is 61.7 cm³/mol. The number of benzene rings is 1. The Morgan fingerprint density at radius 1 is 1.53 bits per heavy atom. The Morgan fingerprint density at radius 2 is 2.18 bits per heavy atom. The summed E-state index contributed by atoms with van der Waals surface area (Å²) in [5.74, 6) is -1.06. The van der Waals surface area contributed by atoms with E-state index in [9.17, 15) is 13.6 Å². The molecule has 0 N–H and O–H groups in total. The van der Waals surface area contributed by atoms with Gasteiger partial charge in [0.15, 0.2) is 0 Å². The Bertz CT molecular complexity index is 426. The first-order valence-corrected chi connectivity index (χ1v) is 5.74. The van der Waals surface area contributed by atoms with Crippen LogP contribution in [0.5, 0.6) is 5.75 Å². The van der Waals surface area contributed by atoms with Gasteiger partial charge in [0, 0.05) is 0 Å². The van der Waals surface area contributed by atoms with Crippen LogP contribution in [-0.4, -0.2) is 19.2 Å². The third kappa shape index (κ3) is 3.54. The zero-order chi connectivity index (χ0) is 13.0. The molecule has 0 aliphatic rings. The molecule has 0 aliphatic carbocycles. The van der Waals surface area contributed by atoms with Crippen molar-refractivity contribution in [2.75, 3.05) is 6.61 Å². The minimum atomic E-state index is -3.03. The molecule has 0 saturated carbocycles. The number of carbonyl (C=O) groups is 1. The van der Waals surface area contributed by atoms with E-state index in [1.54, 1.807) is 6.92 Å². The molecule has 7 heteroatoms. The number of halogens is 4. The smallest absolute Gasteiger partial charge is 0.387 e. The van der Waals surface area contributed by atoms with E-state index in [2.05, 4.69) is 20.7 Å². The van der Waals surface area contributed by atoms with Gasteiger partial charge in [-0.15, -0.1) is 0 Å². The van der Waals surface area contributed by atoms with Crippen molar-refractivity contribution in [2.24, 2.45) is 0 Å². The fourth-order valence-corrected chi connectivity index (χ4v) is 1.77. The van der Waals surface area contributed by atoms with Gasteiger partial charge < -0.3 is 9.47 Å². The van der Waals surface area contributed by atoms with Crippen molar-refractivity contribution in [2.45, 2.75) is 13.5 Å². The Hall–Kier alpha value is -0.880. The highest BCUT2D eigenvalue weighted by Gasteiger charge is 2.22. The van der Waals surface area contributed by atoms with Gasteiger partial charge in [-0.1, -0.05) is 11.6 Å². The second-order valence-electron chi connectivity index (χ2n) is 2.83. The lowest BCUT2D eigenvalue weighted by atomic mass is 10.2. The van der Waals surface area contributed by atoms with Gasteiger partial charge in [-0.25, -0.2) is 4.79 Å². The van der Waals surface area contributed by atoms with E-state index < -0.39 is 12.6 Å². The van der Waals surface area contributed by atoms with Crippen molar-refractivity contribution in [3.05, 3.63) is 27.2 Å². The maximum atomic E-state index is 12.2. The van der Waals surface area contributed by atoms with E-state index >= 15 is 0 Å². The number of esters is 1. The molecule has 1 aromatic carbocycles. The molecule has 0 unspecified atom stereocenters. The molecule has 0 aliphatic heterocycles. The lowest BCUT2D eigenvalue weighted by molar-refractivity contribution is -0.0504. The maximum absolute atomic E-state index is 12.2. The van der Waals surface area contributed by atoms with Crippen molar-refractivity contribution in [1.29, 1.82) is 0 Å². The van der Waals surface area contributed by atoms with Crippen molar-refractivity contribution >= 4 is 33.5 Å². The molecule has 0 fully saturated rings. The fraction of sp³-hybridized carbons (Fsp3) is 0.300. The van der Waals surface area contributed by atoms with Crippen LogP contribution in [0, 0.1) is 0 Å². The first-order chi connectivity index (χ1) is 7.97. The summed E-state index contributed by atoms with van der Waals surface area (Å²) in [6.07, 6.45) is 0. The summed E-state index contributed by atoms with van der Waals surface area (Å²) in [4.78, 5) is 11.6. The van der Waals surface area contributed by atoms with Gasteiger partial charge in [-0.3, -0.25) is 0 Å². The van der Waals surface area contributed by atoms with Gasteiger partial charge >= 0.3 is 12.6 Å². The van der Waals surface area contributed by atoms with E-state index in [-0.39, 0.29) is 27.4 Å². The van der Waals surface area contributed by atoms with Crippen LogP contribution in [0.4, 0.5) is 8.78 Å². The van der Waals surface area contributed by atoms with Crippen LogP contribution in [0.2, 0.25) is 5.02 Å². The minimum Gasteiger partial charge on any atom is -0.462 e.